The molecule has 2 heterocycles. The molecule has 0 aliphatic carbocycles. The monoisotopic (exact) mass is 317 g/mol. The van der Waals surface area contributed by atoms with Crippen LogP contribution in [0.15, 0.2) is 48.9 Å². The van der Waals surface area contributed by atoms with Crippen molar-refractivity contribution >= 4 is 29.5 Å². The minimum atomic E-state index is 0.421. The molecule has 3 rings (SSSR count). The maximum Gasteiger partial charge on any atom is 0.153 e. The van der Waals surface area contributed by atoms with Gasteiger partial charge in [0, 0.05) is 24.2 Å². The molecule has 3 aromatic rings. The van der Waals surface area contributed by atoms with Crippen molar-refractivity contribution in [3.05, 3.63) is 64.5 Å². The predicted molar refractivity (Wildman–Crippen MR) is 82.2 cm³/mol. The molecule has 1 aromatic carbocycles. The Kier molecular flexibility index (Phi) is 3.73. The summed E-state index contributed by atoms with van der Waals surface area (Å²) in [5, 5.41) is 5.33. The third-order valence-corrected chi connectivity index (χ3v) is 3.73. The lowest BCUT2D eigenvalue weighted by Crippen LogP contribution is -1.94. The number of nitrogens with zero attached hydrogens (tertiary/aromatic N) is 3. The van der Waals surface area contributed by atoms with Gasteiger partial charge in [-0.15, -0.1) is 0 Å². The van der Waals surface area contributed by atoms with Crippen LogP contribution in [0.2, 0.25) is 10.0 Å². The Balaban J connectivity index is 2.12. The van der Waals surface area contributed by atoms with E-state index >= 15 is 0 Å². The second-order valence-corrected chi connectivity index (χ2v) is 5.14. The van der Waals surface area contributed by atoms with E-state index in [1.807, 2.05) is 0 Å². The van der Waals surface area contributed by atoms with Crippen LogP contribution in [0, 0.1) is 0 Å². The third kappa shape index (κ3) is 2.68. The summed E-state index contributed by atoms with van der Waals surface area (Å²) >= 11 is 11.9. The van der Waals surface area contributed by atoms with Gasteiger partial charge in [0.1, 0.15) is 5.69 Å². The standard InChI is InChI=1S/C15H9Cl2N3O/c16-13-2-1-10(7-14(13)17)15-11(9-21)8-20(19-15)12-3-5-18-6-4-12/h1-9H. The fraction of sp³-hybridized carbons (Fsp3) is 0. The maximum atomic E-state index is 11.3. The smallest absolute Gasteiger partial charge is 0.153 e. The SMILES string of the molecule is O=Cc1cn(-c2ccncc2)nc1-c1ccc(Cl)c(Cl)c1. The first-order chi connectivity index (χ1) is 10.2. The van der Waals surface area contributed by atoms with Crippen molar-refractivity contribution in [2.24, 2.45) is 0 Å². The summed E-state index contributed by atoms with van der Waals surface area (Å²) in [6.07, 6.45) is 5.76. The van der Waals surface area contributed by atoms with Crippen molar-refractivity contribution in [3.8, 4) is 16.9 Å². The molecular formula is C15H9Cl2N3O. The van der Waals surface area contributed by atoms with Crippen molar-refractivity contribution in [2.75, 3.05) is 0 Å². The van der Waals surface area contributed by atoms with E-state index in [-0.39, 0.29) is 0 Å². The van der Waals surface area contributed by atoms with E-state index in [2.05, 4.69) is 10.1 Å². The average molecular weight is 318 g/mol. The summed E-state index contributed by atoms with van der Waals surface area (Å²) < 4.78 is 1.63. The molecular weight excluding hydrogens is 309 g/mol. The largest absolute Gasteiger partial charge is 0.298 e. The van der Waals surface area contributed by atoms with Gasteiger partial charge in [-0.25, -0.2) is 4.68 Å². The predicted octanol–water partition coefficient (Wildman–Crippen LogP) is 4.05. The van der Waals surface area contributed by atoms with Gasteiger partial charge < -0.3 is 0 Å². The number of carbonyl (C=O) groups is 1. The molecule has 0 saturated carbocycles. The Morgan fingerprint density at radius 2 is 1.81 bits per heavy atom. The summed E-state index contributed by atoms with van der Waals surface area (Å²) in [5.41, 5.74) is 2.59. The van der Waals surface area contributed by atoms with E-state index in [1.54, 1.807) is 53.6 Å². The molecule has 4 nitrogen and oxygen atoms in total. The molecule has 0 radical (unpaired) electrons. The molecule has 0 N–H and O–H groups in total. The van der Waals surface area contributed by atoms with Crippen LogP contribution in [-0.4, -0.2) is 21.1 Å². The van der Waals surface area contributed by atoms with Gasteiger partial charge in [0.15, 0.2) is 6.29 Å². The van der Waals surface area contributed by atoms with E-state index in [0.29, 0.717) is 21.3 Å². The molecule has 0 aliphatic heterocycles. The molecule has 0 atom stereocenters. The highest BCUT2D eigenvalue weighted by molar-refractivity contribution is 6.42. The van der Waals surface area contributed by atoms with E-state index in [4.69, 9.17) is 23.2 Å². The zero-order chi connectivity index (χ0) is 14.8. The van der Waals surface area contributed by atoms with Crippen LogP contribution in [0.4, 0.5) is 0 Å². The van der Waals surface area contributed by atoms with E-state index < -0.39 is 0 Å². The average Bonchev–Trinajstić information content (AvgIpc) is 2.95. The molecule has 0 fully saturated rings. The highest BCUT2D eigenvalue weighted by Crippen LogP contribution is 2.29. The lowest BCUT2D eigenvalue weighted by atomic mass is 10.1. The van der Waals surface area contributed by atoms with Gasteiger partial charge in [-0.3, -0.25) is 9.78 Å². The molecule has 21 heavy (non-hydrogen) atoms. The molecule has 0 amide bonds. The minimum absolute atomic E-state index is 0.421. The van der Waals surface area contributed by atoms with Gasteiger partial charge in [0.05, 0.1) is 21.3 Å². The first kappa shape index (κ1) is 13.8. The first-order valence-electron chi connectivity index (χ1n) is 6.09. The Morgan fingerprint density at radius 3 is 2.48 bits per heavy atom. The molecule has 0 unspecified atom stereocenters. The van der Waals surface area contributed by atoms with E-state index in [0.717, 1.165) is 17.5 Å². The van der Waals surface area contributed by atoms with Crippen molar-refractivity contribution in [2.45, 2.75) is 0 Å². The summed E-state index contributed by atoms with van der Waals surface area (Å²) in [6.45, 7) is 0. The number of pyridine rings is 1. The quantitative estimate of drug-likeness (QED) is 0.684. The zero-order valence-corrected chi connectivity index (χ0v) is 12.2. The number of rotatable bonds is 3. The topological polar surface area (TPSA) is 47.8 Å². The summed E-state index contributed by atoms with van der Waals surface area (Å²) in [6, 6.07) is 8.76. The van der Waals surface area contributed by atoms with Crippen LogP contribution in [0.1, 0.15) is 10.4 Å². The number of halogens is 2. The van der Waals surface area contributed by atoms with Gasteiger partial charge in [-0.05, 0) is 24.3 Å². The maximum absolute atomic E-state index is 11.3. The molecule has 104 valence electrons. The second-order valence-electron chi connectivity index (χ2n) is 4.33. The number of aldehydes is 1. The summed E-state index contributed by atoms with van der Waals surface area (Å²) in [4.78, 5) is 15.2. The van der Waals surface area contributed by atoms with Crippen molar-refractivity contribution in [1.29, 1.82) is 0 Å². The van der Waals surface area contributed by atoms with Crippen LogP contribution in [0.25, 0.3) is 16.9 Å². The Labute approximate surface area is 131 Å². The Morgan fingerprint density at radius 1 is 1.05 bits per heavy atom. The number of aromatic nitrogens is 3. The Hall–Kier alpha value is -2.17. The van der Waals surface area contributed by atoms with Crippen LogP contribution in [0.5, 0.6) is 0 Å². The number of benzene rings is 1. The number of carbonyl (C=O) groups excluding carboxylic acids is 1. The van der Waals surface area contributed by atoms with E-state index in [9.17, 15) is 4.79 Å². The second kappa shape index (κ2) is 5.68. The minimum Gasteiger partial charge on any atom is -0.298 e. The van der Waals surface area contributed by atoms with Crippen molar-refractivity contribution < 1.29 is 4.79 Å². The van der Waals surface area contributed by atoms with Crippen molar-refractivity contribution in [3.63, 3.8) is 0 Å². The van der Waals surface area contributed by atoms with Gasteiger partial charge in [-0.2, -0.15) is 5.10 Å². The molecule has 0 aliphatic rings. The van der Waals surface area contributed by atoms with Gasteiger partial charge >= 0.3 is 0 Å². The highest BCUT2D eigenvalue weighted by atomic mass is 35.5. The fourth-order valence-electron chi connectivity index (χ4n) is 1.97. The normalized spacial score (nSPS) is 10.6. The van der Waals surface area contributed by atoms with Crippen molar-refractivity contribution in [1.82, 2.24) is 14.8 Å². The van der Waals surface area contributed by atoms with Crippen LogP contribution < -0.4 is 0 Å². The van der Waals surface area contributed by atoms with Crippen LogP contribution in [-0.2, 0) is 0 Å². The number of hydrogen-bond acceptors (Lipinski definition) is 3. The van der Waals surface area contributed by atoms with E-state index in [1.165, 1.54) is 0 Å². The molecule has 0 saturated heterocycles. The third-order valence-electron chi connectivity index (χ3n) is 2.99. The summed E-state index contributed by atoms with van der Waals surface area (Å²) in [7, 11) is 0. The molecule has 6 heteroatoms. The lowest BCUT2D eigenvalue weighted by Gasteiger charge is -2.01. The van der Waals surface area contributed by atoms with Crippen LogP contribution >= 0.6 is 23.2 Å². The molecule has 2 aromatic heterocycles. The lowest BCUT2D eigenvalue weighted by molar-refractivity contribution is 0.112. The zero-order valence-electron chi connectivity index (χ0n) is 10.7. The molecule has 0 bridgehead atoms. The molecule has 0 spiro atoms. The highest BCUT2D eigenvalue weighted by Gasteiger charge is 2.13. The van der Waals surface area contributed by atoms with Gasteiger partial charge in [0.2, 0.25) is 0 Å². The Bertz CT molecular complexity index is 800. The van der Waals surface area contributed by atoms with Gasteiger partial charge in [-0.1, -0.05) is 29.3 Å². The van der Waals surface area contributed by atoms with Gasteiger partial charge in [0.25, 0.3) is 0 Å². The summed E-state index contributed by atoms with van der Waals surface area (Å²) in [5.74, 6) is 0. The first-order valence-corrected chi connectivity index (χ1v) is 6.85. The number of hydrogen-bond donors (Lipinski definition) is 0. The fourth-order valence-corrected chi connectivity index (χ4v) is 2.27. The van der Waals surface area contributed by atoms with Crippen LogP contribution in [0.3, 0.4) is 0 Å².